The lowest BCUT2D eigenvalue weighted by atomic mass is 10.0. The molecule has 22 heavy (non-hydrogen) atoms. The van der Waals surface area contributed by atoms with Gasteiger partial charge in [-0.25, -0.2) is 0 Å². The van der Waals surface area contributed by atoms with Crippen LogP contribution in [0.25, 0.3) is 11.3 Å². The molecule has 0 aliphatic rings. The summed E-state index contributed by atoms with van der Waals surface area (Å²) >= 11 is 0. The number of pyridine rings is 1. The summed E-state index contributed by atoms with van der Waals surface area (Å²) in [5.74, 6) is -0.122. The van der Waals surface area contributed by atoms with Gasteiger partial charge in [0.15, 0.2) is 0 Å². The van der Waals surface area contributed by atoms with E-state index in [2.05, 4.69) is 10.3 Å². The van der Waals surface area contributed by atoms with Gasteiger partial charge < -0.3 is 5.32 Å². The second-order valence-electron chi connectivity index (χ2n) is 5.03. The molecule has 0 saturated carbocycles. The van der Waals surface area contributed by atoms with E-state index in [0.29, 0.717) is 5.56 Å². The number of nitrogens with one attached hydrogen (secondary N) is 1. The third kappa shape index (κ3) is 2.88. The summed E-state index contributed by atoms with van der Waals surface area (Å²) in [5, 5.41) is 2.99. The summed E-state index contributed by atoms with van der Waals surface area (Å²) in [6.45, 7) is 2.02. The van der Waals surface area contributed by atoms with Gasteiger partial charge in [-0.3, -0.25) is 9.78 Å². The van der Waals surface area contributed by atoms with Gasteiger partial charge in [0.25, 0.3) is 5.91 Å². The van der Waals surface area contributed by atoms with Gasteiger partial charge in [0.2, 0.25) is 0 Å². The van der Waals surface area contributed by atoms with Gasteiger partial charge in [-0.1, -0.05) is 36.4 Å². The van der Waals surface area contributed by atoms with Crippen LogP contribution in [-0.4, -0.2) is 10.9 Å². The molecule has 3 rings (SSSR count). The molecule has 0 aliphatic heterocycles. The van der Waals surface area contributed by atoms with Crippen LogP contribution in [0, 0.1) is 6.92 Å². The molecule has 108 valence electrons. The van der Waals surface area contributed by atoms with Gasteiger partial charge in [0.05, 0.1) is 11.4 Å². The Bertz CT molecular complexity index is 783. The Hall–Kier alpha value is -2.94. The van der Waals surface area contributed by atoms with Crippen LogP contribution in [-0.2, 0) is 0 Å². The van der Waals surface area contributed by atoms with E-state index in [4.69, 9.17) is 0 Å². The second-order valence-corrected chi connectivity index (χ2v) is 5.03. The first kappa shape index (κ1) is 14.0. The Labute approximate surface area is 129 Å². The van der Waals surface area contributed by atoms with Crippen molar-refractivity contribution >= 4 is 11.6 Å². The topological polar surface area (TPSA) is 42.0 Å². The average molecular weight is 288 g/mol. The normalized spacial score (nSPS) is 10.2. The average Bonchev–Trinajstić information content (AvgIpc) is 2.56. The fraction of sp³-hybridized carbons (Fsp3) is 0.0526. The van der Waals surface area contributed by atoms with E-state index in [0.717, 1.165) is 22.5 Å². The molecule has 1 aromatic heterocycles. The van der Waals surface area contributed by atoms with Crippen molar-refractivity contribution in [1.82, 2.24) is 4.98 Å². The minimum atomic E-state index is -0.122. The van der Waals surface area contributed by atoms with Crippen molar-refractivity contribution in [3.05, 3.63) is 84.1 Å². The number of aromatic nitrogens is 1. The van der Waals surface area contributed by atoms with Crippen LogP contribution < -0.4 is 5.32 Å². The maximum atomic E-state index is 12.4. The van der Waals surface area contributed by atoms with Gasteiger partial charge in [0, 0.05) is 17.3 Å². The number of aryl methyl sites for hydroxylation is 1. The van der Waals surface area contributed by atoms with Crippen molar-refractivity contribution in [3.8, 4) is 11.3 Å². The summed E-state index contributed by atoms with van der Waals surface area (Å²) in [6, 6.07) is 20.8. The Kier molecular flexibility index (Phi) is 3.97. The number of carbonyl (C=O) groups excluding carboxylic acids is 1. The monoisotopic (exact) mass is 288 g/mol. The molecule has 0 fully saturated rings. The quantitative estimate of drug-likeness (QED) is 0.780. The minimum absolute atomic E-state index is 0.122. The van der Waals surface area contributed by atoms with Crippen molar-refractivity contribution in [2.45, 2.75) is 6.92 Å². The van der Waals surface area contributed by atoms with E-state index in [1.54, 1.807) is 18.3 Å². The van der Waals surface area contributed by atoms with Crippen LogP contribution >= 0.6 is 0 Å². The van der Waals surface area contributed by atoms with Crippen molar-refractivity contribution in [1.29, 1.82) is 0 Å². The first-order valence-electron chi connectivity index (χ1n) is 7.13. The second kappa shape index (κ2) is 6.22. The first-order chi connectivity index (χ1) is 10.8. The Morgan fingerprint density at radius 3 is 2.41 bits per heavy atom. The number of nitrogens with zero attached hydrogens (tertiary/aromatic N) is 1. The molecule has 0 aliphatic carbocycles. The van der Waals surface area contributed by atoms with E-state index in [1.807, 2.05) is 61.5 Å². The highest BCUT2D eigenvalue weighted by Gasteiger charge is 2.12. The van der Waals surface area contributed by atoms with Crippen LogP contribution in [0.4, 0.5) is 5.69 Å². The highest BCUT2D eigenvalue weighted by molar-refractivity contribution is 6.06. The van der Waals surface area contributed by atoms with E-state index in [-0.39, 0.29) is 5.91 Å². The van der Waals surface area contributed by atoms with Crippen molar-refractivity contribution in [2.75, 3.05) is 5.32 Å². The maximum Gasteiger partial charge on any atom is 0.255 e. The lowest BCUT2D eigenvalue weighted by Crippen LogP contribution is -2.12. The van der Waals surface area contributed by atoms with E-state index in [1.165, 1.54) is 0 Å². The smallest absolute Gasteiger partial charge is 0.255 e. The maximum absolute atomic E-state index is 12.4. The molecule has 1 amide bonds. The molecule has 0 spiro atoms. The van der Waals surface area contributed by atoms with Gasteiger partial charge in [0.1, 0.15) is 0 Å². The Morgan fingerprint density at radius 1 is 0.909 bits per heavy atom. The van der Waals surface area contributed by atoms with E-state index >= 15 is 0 Å². The zero-order valence-electron chi connectivity index (χ0n) is 12.3. The van der Waals surface area contributed by atoms with Crippen molar-refractivity contribution in [2.24, 2.45) is 0 Å². The highest BCUT2D eigenvalue weighted by Crippen LogP contribution is 2.30. The molecule has 1 heterocycles. The van der Waals surface area contributed by atoms with Gasteiger partial charge in [-0.2, -0.15) is 0 Å². The number of rotatable bonds is 3. The standard InChI is InChI=1S/C19H16N2O/c1-14-8-7-12-17(18(14)16-11-5-6-13-20-16)21-19(22)15-9-3-2-4-10-15/h2-13H,1H3,(H,21,22). The zero-order chi connectivity index (χ0) is 15.4. The molecular formula is C19H16N2O. The van der Waals surface area contributed by atoms with E-state index < -0.39 is 0 Å². The Morgan fingerprint density at radius 2 is 1.68 bits per heavy atom. The molecule has 0 unspecified atom stereocenters. The number of benzene rings is 2. The van der Waals surface area contributed by atoms with Crippen LogP contribution in [0.5, 0.6) is 0 Å². The van der Waals surface area contributed by atoms with Crippen LogP contribution in [0.1, 0.15) is 15.9 Å². The first-order valence-corrected chi connectivity index (χ1v) is 7.13. The summed E-state index contributed by atoms with van der Waals surface area (Å²) in [4.78, 5) is 16.8. The lowest BCUT2D eigenvalue weighted by Gasteiger charge is -2.13. The Balaban J connectivity index is 1.98. The van der Waals surface area contributed by atoms with Crippen LogP contribution in [0.15, 0.2) is 72.9 Å². The third-order valence-electron chi connectivity index (χ3n) is 3.48. The van der Waals surface area contributed by atoms with Gasteiger partial charge in [-0.05, 0) is 42.8 Å². The molecule has 2 aromatic carbocycles. The molecule has 3 aromatic rings. The molecule has 0 atom stereocenters. The minimum Gasteiger partial charge on any atom is -0.321 e. The number of hydrogen-bond acceptors (Lipinski definition) is 2. The zero-order valence-corrected chi connectivity index (χ0v) is 12.3. The number of anilines is 1. The van der Waals surface area contributed by atoms with E-state index in [9.17, 15) is 4.79 Å². The largest absolute Gasteiger partial charge is 0.321 e. The number of carbonyl (C=O) groups is 1. The predicted octanol–water partition coefficient (Wildman–Crippen LogP) is 4.31. The number of amides is 1. The van der Waals surface area contributed by atoms with Crippen LogP contribution in [0.3, 0.4) is 0 Å². The van der Waals surface area contributed by atoms with Crippen molar-refractivity contribution in [3.63, 3.8) is 0 Å². The fourth-order valence-corrected chi connectivity index (χ4v) is 2.41. The summed E-state index contributed by atoms with van der Waals surface area (Å²) in [5.41, 5.74) is 4.28. The predicted molar refractivity (Wildman–Crippen MR) is 88.8 cm³/mol. The SMILES string of the molecule is Cc1cccc(NC(=O)c2ccccc2)c1-c1ccccn1. The van der Waals surface area contributed by atoms with Crippen LogP contribution in [0.2, 0.25) is 0 Å². The summed E-state index contributed by atoms with van der Waals surface area (Å²) < 4.78 is 0. The fourth-order valence-electron chi connectivity index (χ4n) is 2.41. The van der Waals surface area contributed by atoms with Gasteiger partial charge >= 0.3 is 0 Å². The van der Waals surface area contributed by atoms with Crippen molar-refractivity contribution < 1.29 is 4.79 Å². The number of hydrogen-bond donors (Lipinski definition) is 1. The molecule has 0 bridgehead atoms. The van der Waals surface area contributed by atoms with Gasteiger partial charge in [-0.15, -0.1) is 0 Å². The molecule has 0 saturated heterocycles. The third-order valence-corrected chi connectivity index (χ3v) is 3.48. The molecule has 1 N–H and O–H groups in total. The summed E-state index contributed by atoms with van der Waals surface area (Å²) in [6.07, 6.45) is 1.75. The summed E-state index contributed by atoms with van der Waals surface area (Å²) in [7, 11) is 0. The highest BCUT2D eigenvalue weighted by atomic mass is 16.1. The molecule has 3 heteroatoms. The molecule has 3 nitrogen and oxygen atoms in total. The lowest BCUT2D eigenvalue weighted by molar-refractivity contribution is 0.102. The molecular weight excluding hydrogens is 272 g/mol. The molecule has 0 radical (unpaired) electrons.